The lowest BCUT2D eigenvalue weighted by molar-refractivity contribution is -0.309. The quantitative estimate of drug-likeness (QED) is 0.0206. The van der Waals surface area contributed by atoms with Crippen LogP contribution in [-0.2, 0) is 105 Å². The average molecular weight is 1480 g/mol. The summed E-state index contributed by atoms with van der Waals surface area (Å²) in [5.41, 5.74) is 58.1. The number of esters is 9. The lowest BCUT2D eigenvalue weighted by atomic mass is 9.83. The standard InChI is InChI=1S/C61H66N18O25S/c1-27(80)90-44-36(70-76-64)22-37(71-77-65)45(102-58-42(72-78-66)50(93-30(4)83)46(91-28(2)81)38(96-58)23-68-74-62)52(44)104-60-53(95-32(6)85)49(103-59-43(73-79-67)51(94-31(5)84)47(92-29(3)82)39(97-59)24-69-75-63)41(98-60)26-105-61-54(101-57(88)35-20-14-9-15-21-35)48(100-56(87)34-18-12-8-13-19-34)40(99-61)25-89-55(86)33-16-10-7-11-17-33/h7-21,36-54,58-61H,22-26H2,1-6H3/t36-,37?,38?,39+,40-,41-,42?,43?,44?,45-,46-,47-,48-,49+,50-,51?,52-,53+,54?,58-,59-,60?,61+/m1/s1. The molecular weight excluding hydrogens is 1420 g/mol. The molecule has 5 fully saturated rings. The summed E-state index contributed by atoms with van der Waals surface area (Å²) in [7, 11) is 0. The zero-order chi connectivity index (χ0) is 75.9. The van der Waals surface area contributed by atoms with Crippen molar-refractivity contribution in [3.05, 3.63) is 170 Å². The van der Waals surface area contributed by atoms with Gasteiger partial charge in [-0.25, -0.2) is 14.4 Å². The minimum absolute atomic E-state index is 0.00293. The van der Waals surface area contributed by atoms with Crippen molar-refractivity contribution in [3.8, 4) is 0 Å². The molecule has 4 heterocycles. The molecule has 3 aromatic carbocycles. The molecule has 1 saturated carbocycles. The van der Waals surface area contributed by atoms with E-state index in [1.807, 2.05) is 0 Å². The summed E-state index contributed by atoms with van der Waals surface area (Å²) >= 11 is 0.732. The fraction of sp³-hybridized carbons (Fsp3) is 0.557. The molecule has 556 valence electrons. The smallest absolute Gasteiger partial charge is 0.338 e. The Morgan fingerprint density at radius 1 is 0.381 bits per heavy atom. The first-order chi connectivity index (χ1) is 50.5. The molecule has 0 radical (unpaired) electrons. The maximum absolute atomic E-state index is 14.3. The monoisotopic (exact) mass is 1480 g/mol. The largest absolute Gasteiger partial charge is 0.459 e. The van der Waals surface area contributed by atoms with E-state index in [2.05, 4.69) is 60.2 Å². The SMILES string of the molecule is CC(=O)OC1[C@@H](OC2O[C@H](CS[C@@H]3O[C@H](COC(=O)c4ccccc4)[C@@H](OC(=O)c4ccccc4)C3OC(=O)c3ccccc3)[C@H](O[C@H]3O[C@@H](CN=[N+]=[N-])[C@@H](OC(C)=O)C(OC(C)=O)C3N=[N+]=[N-])[C@@H]2OC(C)=O)[C@H](O[C@H]2OC(CN=[N+]=[N-])[C@@H](OC(C)=O)[C@H](OC(C)=O)C2N=[N+]=[N-])C(N=[N+]=[N-])C[C@H]1N=[N+]=[N-]. The Morgan fingerprint density at radius 3 is 1.19 bits per heavy atom. The molecule has 4 aliphatic heterocycles. The number of azide groups is 6. The maximum Gasteiger partial charge on any atom is 0.338 e. The first-order valence-corrected chi connectivity index (χ1v) is 32.7. The Kier molecular flexibility index (Phi) is 29.1. The van der Waals surface area contributed by atoms with Crippen molar-refractivity contribution in [2.24, 2.45) is 30.7 Å². The molecule has 44 heteroatoms. The van der Waals surface area contributed by atoms with Crippen LogP contribution in [0.5, 0.6) is 0 Å². The molecule has 1 aliphatic carbocycles. The summed E-state index contributed by atoms with van der Waals surface area (Å²) in [6.07, 6.45) is -33.9. The number of rotatable bonds is 30. The zero-order valence-corrected chi connectivity index (χ0v) is 57.0. The lowest BCUT2D eigenvalue weighted by Crippen LogP contribution is -2.65. The highest BCUT2D eigenvalue weighted by Crippen LogP contribution is 2.43. The van der Waals surface area contributed by atoms with E-state index in [1.165, 1.54) is 48.5 Å². The van der Waals surface area contributed by atoms with Crippen molar-refractivity contribution in [2.45, 2.75) is 188 Å². The number of nitrogens with zero attached hydrogens (tertiary/aromatic N) is 18. The van der Waals surface area contributed by atoms with Gasteiger partial charge >= 0.3 is 53.7 Å². The molecule has 5 aliphatic rings. The molecule has 0 amide bonds. The van der Waals surface area contributed by atoms with Crippen LogP contribution >= 0.6 is 11.8 Å². The van der Waals surface area contributed by atoms with Crippen LogP contribution in [0.4, 0.5) is 0 Å². The van der Waals surface area contributed by atoms with Gasteiger partial charge < -0.3 is 75.8 Å². The lowest BCUT2D eigenvalue weighted by Gasteiger charge is -2.48. The fourth-order valence-electron chi connectivity index (χ4n) is 12.0. The van der Waals surface area contributed by atoms with Gasteiger partial charge in [-0.15, -0.1) is 11.8 Å². The van der Waals surface area contributed by atoms with Crippen molar-refractivity contribution in [1.82, 2.24) is 0 Å². The number of hydrogen-bond acceptors (Lipinski definition) is 32. The number of thioether (sulfide) groups is 1. The summed E-state index contributed by atoms with van der Waals surface area (Å²) in [6, 6.07) is 15.7. The van der Waals surface area contributed by atoms with Gasteiger partial charge in [0.2, 0.25) is 0 Å². The normalized spacial score (nSPS) is 30.7. The van der Waals surface area contributed by atoms with E-state index in [9.17, 15) is 76.3 Å². The van der Waals surface area contributed by atoms with E-state index in [0.29, 0.717) is 0 Å². The van der Waals surface area contributed by atoms with Gasteiger partial charge in [0, 0.05) is 76.8 Å². The van der Waals surface area contributed by atoms with E-state index >= 15 is 0 Å². The highest BCUT2D eigenvalue weighted by Gasteiger charge is 2.60. The molecule has 0 N–H and O–H groups in total. The Bertz CT molecular complexity index is 3940. The van der Waals surface area contributed by atoms with Crippen LogP contribution < -0.4 is 0 Å². The third kappa shape index (κ3) is 21.0. The van der Waals surface area contributed by atoms with Crippen molar-refractivity contribution in [1.29, 1.82) is 0 Å². The van der Waals surface area contributed by atoms with Gasteiger partial charge in [0.05, 0.1) is 48.0 Å². The summed E-state index contributed by atoms with van der Waals surface area (Å²) in [4.78, 5) is 138. The first kappa shape index (κ1) is 79.5. The van der Waals surface area contributed by atoms with E-state index in [4.69, 9.17) is 75.8 Å². The second-order valence-corrected chi connectivity index (χ2v) is 24.3. The Morgan fingerprint density at radius 2 is 0.752 bits per heavy atom. The highest BCUT2D eigenvalue weighted by molar-refractivity contribution is 7.99. The summed E-state index contributed by atoms with van der Waals surface area (Å²) in [5, 5.41) is 22.4. The summed E-state index contributed by atoms with van der Waals surface area (Å²) in [5.74, 6) is -9.67. The molecule has 3 aromatic rings. The van der Waals surface area contributed by atoms with Crippen LogP contribution in [-0.4, -0.2) is 219 Å². The molecule has 0 bridgehead atoms. The molecular formula is C61H66N18O25S. The van der Waals surface area contributed by atoms with Crippen LogP contribution in [0.2, 0.25) is 0 Å². The van der Waals surface area contributed by atoms with Crippen molar-refractivity contribution in [2.75, 3.05) is 25.4 Å². The van der Waals surface area contributed by atoms with Crippen LogP contribution in [0.1, 0.15) is 79.0 Å². The van der Waals surface area contributed by atoms with Gasteiger partial charge in [0.1, 0.15) is 66.9 Å². The number of carbonyl (C=O) groups is 9. The minimum Gasteiger partial charge on any atom is -0.459 e. The molecule has 4 saturated heterocycles. The Balaban J connectivity index is 1.30. The summed E-state index contributed by atoms with van der Waals surface area (Å²) < 4.78 is 98.3. The predicted molar refractivity (Wildman–Crippen MR) is 347 cm³/mol. The Hall–Kier alpha value is -11.2. The van der Waals surface area contributed by atoms with E-state index in [0.717, 1.165) is 53.3 Å². The van der Waals surface area contributed by atoms with E-state index < -0.39 is 226 Å². The van der Waals surface area contributed by atoms with Crippen LogP contribution in [0.15, 0.2) is 122 Å². The van der Waals surface area contributed by atoms with Crippen molar-refractivity contribution >= 4 is 65.5 Å². The van der Waals surface area contributed by atoms with Gasteiger partial charge in [-0.3, -0.25) is 28.8 Å². The Labute approximate surface area is 596 Å². The zero-order valence-electron chi connectivity index (χ0n) is 56.1. The average Bonchev–Trinajstić information content (AvgIpc) is 1.76. The fourth-order valence-corrected chi connectivity index (χ4v) is 13.3. The molecule has 43 nitrogen and oxygen atoms in total. The van der Waals surface area contributed by atoms with Crippen LogP contribution in [0.3, 0.4) is 0 Å². The molecule has 23 atom stereocenters. The van der Waals surface area contributed by atoms with Crippen LogP contribution in [0.25, 0.3) is 62.7 Å². The van der Waals surface area contributed by atoms with E-state index in [1.54, 1.807) is 42.5 Å². The number of benzene rings is 3. The minimum atomic E-state index is -2.20. The second kappa shape index (κ2) is 38.4. The molecule has 8 unspecified atom stereocenters. The molecule has 105 heavy (non-hydrogen) atoms. The number of ether oxygens (including phenoxy) is 16. The topological polar surface area (TPSA) is 594 Å². The third-order valence-corrected chi connectivity index (χ3v) is 17.3. The van der Waals surface area contributed by atoms with Gasteiger partial charge in [-0.05, 0) is 76.0 Å². The second-order valence-electron chi connectivity index (χ2n) is 23.2. The highest BCUT2D eigenvalue weighted by atomic mass is 32.2. The molecule has 0 aromatic heterocycles. The maximum atomic E-state index is 14.3. The third-order valence-electron chi connectivity index (χ3n) is 16.1. The van der Waals surface area contributed by atoms with Crippen molar-refractivity contribution in [3.63, 3.8) is 0 Å². The first-order valence-electron chi connectivity index (χ1n) is 31.7. The number of hydrogen-bond donors (Lipinski definition) is 0. The van der Waals surface area contributed by atoms with Gasteiger partial charge in [-0.1, -0.05) is 85.3 Å². The van der Waals surface area contributed by atoms with Gasteiger partial charge in [0.15, 0.2) is 61.6 Å². The van der Waals surface area contributed by atoms with Gasteiger partial charge in [0.25, 0.3) is 0 Å². The van der Waals surface area contributed by atoms with Gasteiger partial charge in [-0.2, -0.15) is 0 Å². The molecule has 8 rings (SSSR count). The van der Waals surface area contributed by atoms with Crippen LogP contribution in [0, 0.1) is 0 Å². The summed E-state index contributed by atoms with van der Waals surface area (Å²) in [6.45, 7) is 3.60. The molecule has 0 spiro atoms. The van der Waals surface area contributed by atoms with E-state index in [-0.39, 0.29) is 16.7 Å². The van der Waals surface area contributed by atoms with Crippen molar-refractivity contribution < 1.29 is 119 Å². The predicted octanol–water partition coefficient (Wildman–Crippen LogP) is 7.41. The number of carbonyl (C=O) groups excluding carboxylic acids is 9.